The van der Waals surface area contributed by atoms with Gasteiger partial charge in [0, 0.05) is 11.5 Å². The summed E-state index contributed by atoms with van der Waals surface area (Å²) in [5.74, 6) is 0.322. The Labute approximate surface area is 177 Å². The van der Waals surface area contributed by atoms with E-state index in [-0.39, 0.29) is 22.9 Å². The molecule has 4 nitrogen and oxygen atoms in total. The highest BCUT2D eigenvalue weighted by Crippen LogP contribution is 2.63. The lowest BCUT2D eigenvalue weighted by atomic mass is 9.46. The zero-order valence-corrected chi connectivity index (χ0v) is 19.3. The maximum Gasteiger partial charge on any atom is 0.330 e. The molecule has 2 saturated carbocycles. The zero-order chi connectivity index (χ0) is 21.4. The summed E-state index contributed by atoms with van der Waals surface area (Å²) in [4.78, 5) is 11.8. The topological polar surface area (TPSA) is 44.8 Å². The van der Waals surface area contributed by atoms with Crippen LogP contribution in [-0.4, -0.2) is 31.1 Å². The number of hydrogen-bond acceptors (Lipinski definition) is 4. The van der Waals surface area contributed by atoms with Crippen LogP contribution in [0.5, 0.6) is 0 Å². The van der Waals surface area contributed by atoms with Crippen molar-refractivity contribution in [1.29, 1.82) is 0 Å². The van der Waals surface area contributed by atoms with Gasteiger partial charge in [-0.3, -0.25) is 0 Å². The second-order valence-electron chi connectivity index (χ2n) is 10.4. The van der Waals surface area contributed by atoms with E-state index in [1.807, 2.05) is 27.7 Å². The Kier molecular flexibility index (Phi) is 6.37. The quantitative estimate of drug-likeness (QED) is 0.329. The van der Waals surface area contributed by atoms with Gasteiger partial charge in [0.15, 0.2) is 5.79 Å². The van der Waals surface area contributed by atoms with E-state index >= 15 is 0 Å². The van der Waals surface area contributed by atoms with Gasteiger partial charge in [0.05, 0.1) is 19.3 Å². The third kappa shape index (κ3) is 4.34. The first kappa shape index (κ1) is 22.6. The standard InChI is InChI=1S/C25H40O4/c1-8-27-22(26)15-17(2)9-11-19-18(3)10-12-20-24(19,6)14-13-21-25(20,7)16-28-23(4,5)29-21/h15,19-21H,3,8-14,16H2,1-2,4-7H3/b17-15+/t19-,20?,21-,24+,25-/m1/s1. The Hall–Kier alpha value is -1.13. The van der Waals surface area contributed by atoms with Crippen molar-refractivity contribution in [2.45, 2.75) is 92.0 Å². The van der Waals surface area contributed by atoms with E-state index in [0.717, 1.165) is 37.9 Å². The Morgan fingerprint density at radius 3 is 2.66 bits per heavy atom. The van der Waals surface area contributed by atoms with Crippen LogP contribution in [0.1, 0.15) is 80.1 Å². The van der Waals surface area contributed by atoms with Crippen molar-refractivity contribution in [2.75, 3.05) is 13.2 Å². The number of ether oxygens (including phenoxy) is 3. The Morgan fingerprint density at radius 1 is 1.24 bits per heavy atom. The predicted octanol–water partition coefficient (Wildman–Crippen LogP) is 5.82. The van der Waals surface area contributed by atoms with Crippen molar-refractivity contribution in [3.8, 4) is 0 Å². The van der Waals surface area contributed by atoms with Crippen LogP contribution >= 0.6 is 0 Å². The van der Waals surface area contributed by atoms with Gasteiger partial charge in [0.25, 0.3) is 0 Å². The van der Waals surface area contributed by atoms with Crippen LogP contribution in [0.25, 0.3) is 0 Å². The number of carbonyl (C=O) groups excluding carboxylic acids is 1. The highest BCUT2D eigenvalue weighted by atomic mass is 16.7. The van der Waals surface area contributed by atoms with Crippen molar-refractivity contribution >= 4 is 5.97 Å². The van der Waals surface area contributed by atoms with Gasteiger partial charge in [-0.15, -0.1) is 0 Å². The van der Waals surface area contributed by atoms with Crippen LogP contribution in [-0.2, 0) is 19.0 Å². The molecule has 0 radical (unpaired) electrons. The predicted molar refractivity (Wildman–Crippen MR) is 115 cm³/mol. The molecule has 5 atom stereocenters. The largest absolute Gasteiger partial charge is 0.463 e. The van der Waals surface area contributed by atoms with Gasteiger partial charge in [0.1, 0.15) is 0 Å². The molecule has 0 amide bonds. The molecule has 0 aromatic carbocycles. The van der Waals surface area contributed by atoms with E-state index < -0.39 is 5.79 Å². The fourth-order valence-corrected chi connectivity index (χ4v) is 6.43. The molecule has 3 fully saturated rings. The van der Waals surface area contributed by atoms with Crippen LogP contribution in [0.4, 0.5) is 0 Å². The first-order chi connectivity index (χ1) is 13.5. The average molecular weight is 405 g/mol. The van der Waals surface area contributed by atoms with Gasteiger partial charge in [0.2, 0.25) is 0 Å². The van der Waals surface area contributed by atoms with Crippen LogP contribution in [0.3, 0.4) is 0 Å². The van der Waals surface area contributed by atoms with E-state index in [0.29, 0.717) is 18.4 Å². The number of rotatable bonds is 5. The SMILES string of the molecule is C=C1CCC2[C@@](C)(CC[C@H]3OC(C)(C)OC[C@]23C)[C@@H]1CC/C(C)=C/C(=O)OCC. The summed E-state index contributed by atoms with van der Waals surface area (Å²) in [5, 5.41) is 0. The molecule has 0 aromatic heterocycles. The zero-order valence-electron chi connectivity index (χ0n) is 19.3. The van der Waals surface area contributed by atoms with E-state index in [9.17, 15) is 4.79 Å². The van der Waals surface area contributed by atoms with Gasteiger partial charge >= 0.3 is 5.97 Å². The van der Waals surface area contributed by atoms with E-state index in [4.69, 9.17) is 14.2 Å². The Bertz CT molecular complexity index is 678. The van der Waals surface area contributed by atoms with Gasteiger partial charge in [-0.25, -0.2) is 4.79 Å². The fraction of sp³-hybridized carbons (Fsp3) is 0.800. The van der Waals surface area contributed by atoms with Crippen molar-refractivity contribution in [3.63, 3.8) is 0 Å². The molecule has 3 rings (SSSR count). The minimum Gasteiger partial charge on any atom is -0.463 e. The van der Waals surface area contributed by atoms with E-state index in [1.165, 1.54) is 18.4 Å². The van der Waals surface area contributed by atoms with Crippen LogP contribution in [0.2, 0.25) is 0 Å². The lowest BCUT2D eigenvalue weighted by molar-refractivity contribution is -0.344. The molecule has 29 heavy (non-hydrogen) atoms. The molecule has 0 N–H and O–H groups in total. The smallest absolute Gasteiger partial charge is 0.330 e. The van der Waals surface area contributed by atoms with E-state index in [2.05, 4.69) is 20.4 Å². The maximum atomic E-state index is 11.8. The van der Waals surface area contributed by atoms with Crippen LogP contribution < -0.4 is 0 Å². The molecule has 1 unspecified atom stereocenters. The molecule has 1 aliphatic heterocycles. The molecular weight excluding hydrogens is 364 g/mol. The molecular formula is C25H40O4. The van der Waals surface area contributed by atoms with Gasteiger partial charge in [-0.2, -0.15) is 0 Å². The number of esters is 1. The molecule has 3 aliphatic rings. The van der Waals surface area contributed by atoms with Crippen molar-refractivity contribution in [3.05, 3.63) is 23.8 Å². The first-order valence-electron chi connectivity index (χ1n) is 11.3. The summed E-state index contributed by atoms with van der Waals surface area (Å²) >= 11 is 0. The average Bonchev–Trinajstić information content (AvgIpc) is 2.62. The molecule has 1 saturated heterocycles. The maximum absolute atomic E-state index is 11.8. The molecule has 1 heterocycles. The highest BCUT2D eigenvalue weighted by Gasteiger charge is 2.60. The minimum atomic E-state index is -0.482. The summed E-state index contributed by atoms with van der Waals surface area (Å²) in [6.07, 6.45) is 8.36. The third-order valence-corrected chi connectivity index (χ3v) is 7.95. The molecule has 0 bridgehead atoms. The van der Waals surface area contributed by atoms with Gasteiger partial charge in [-0.05, 0) is 83.5 Å². The highest BCUT2D eigenvalue weighted by molar-refractivity contribution is 5.82. The molecule has 164 valence electrons. The number of hydrogen-bond donors (Lipinski definition) is 0. The molecule has 0 spiro atoms. The summed E-state index contributed by atoms with van der Waals surface area (Å²) in [6.45, 7) is 18.5. The summed E-state index contributed by atoms with van der Waals surface area (Å²) in [6, 6.07) is 0. The lowest BCUT2D eigenvalue weighted by Crippen LogP contribution is -2.62. The summed E-state index contributed by atoms with van der Waals surface area (Å²) < 4.78 is 17.6. The second kappa shape index (κ2) is 8.19. The van der Waals surface area contributed by atoms with Crippen LogP contribution in [0, 0.1) is 22.7 Å². The Morgan fingerprint density at radius 2 is 1.97 bits per heavy atom. The summed E-state index contributed by atoms with van der Waals surface area (Å²) in [7, 11) is 0. The van der Waals surface area contributed by atoms with Crippen molar-refractivity contribution in [1.82, 2.24) is 0 Å². The number of fused-ring (bicyclic) bond motifs is 3. The van der Waals surface area contributed by atoms with E-state index in [1.54, 1.807) is 6.08 Å². The third-order valence-electron chi connectivity index (χ3n) is 7.95. The minimum absolute atomic E-state index is 0.0529. The van der Waals surface area contributed by atoms with Crippen molar-refractivity contribution < 1.29 is 19.0 Å². The monoisotopic (exact) mass is 404 g/mol. The van der Waals surface area contributed by atoms with Gasteiger partial charge in [-0.1, -0.05) is 31.6 Å². The summed E-state index contributed by atoms with van der Waals surface area (Å²) in [5.41, 5.74) is 2.73. The number of carbonyl (C=O) groups is 1. The van der Waals surface area contributed by atoms with Crippen molar-refractivity contribution in [2.24, 2.45) is 22.7 Å². The lowest BCUT2D eigenvalue weighted by Gasteiger charge is -2.63. The molecule has 4 heteroatoms. The first-order valence-corrected chi connectivity index (χ1v) is 11.3. The molecule has 2 aliphatic carbocycles. The second-order valence-corrected chi connectivity index (χ2v) is 10.4. The molecule has 0 aromatic rings. The normalized spacial score (nSPS) is 39.4. The Balaban J connectivity index is 1.77. The van der Waals surface area contributed by atoms with Gasteiger partial charge < -0.3 is 14.2 Å². The number of allylic oxidation sites excluding steroid dienone is 2. The van der Waals surface area contributed by atoms with Crippen LogP contribution in [0.15, 0.2) is 23.8 Å². The fourth-order valence-electron chi connectivity index (χ4n) is 6.43.